The van der Waals surface area contributed by atoms with Crippen LogP contribution in [0.15, 0.2) is 21.1 Å². The summed E-state index contributed by atoms with van der Waals surface area (Å²) in [6.45, 7) is 3.76. The van der Waals surface area contributed by atoms with Gasteiger partial charge in [0.1, 0.15) is 4.88 Å². The average Bonchev–Trinajstić information content (AvgIpc) is 2.70. The number of carbonyl (C=O) groups excluding carboxylic acids is 1. The molecule has 0 aliphatic heterocycles. The largest absolute Gasteiger partial charge is 0.409 e. The van der Waals surface area contributed by atoms with Crippen LogP contribution in [0.4, 0.5) is 0 Å². The van der Waals surface area contributed by atoms with Crippen LogP contribution in [0, 0.1) is 5.92 Å². The van der Waals surface area contributed by atoms with Crippen LogP contribution in [-0.4, -0.2) is 23.0 Å². The molecule has 0 fully saturated rings. The number of carbonyl (C=O) groups is 1. The molecule has 1 unspecified atom stereocenters. The first-order chi connectivity index (χ1) is 7.97. The molecule has 4 N–H and O–H groups in total. The molecule has 0 bridgehead atoms. The quantitative estimate of drug-likeness (QED) is 0.343. The summed E-state index contributed by atoms with van der Waals surface area (Å²) in [5.41, 5.74) is 5.53. The van der Waals surface area contributed by atoms with Crippen molar-refractivity contribution in [3.8, 4) is 0 Å². The number of thiophene rings is 1. The molecule has 1 amide bonds. The molecule has 94 valence electrons. The first-order valence-corrected chi connectivity index (χ1v) is 6.66. The van der Waals surface area contributed by atoms with E-state index in [0.29, 0.717) is 4.88 Å². The molecule has 0 saturated carbocycles. The van der Waals surface area contributed by atoms with Crippen molar-refractivity contribution in [2.75, 3.05) is 0 Å². The van der Waals surface area contributed by atoms with E-state index in [1.807, 2.05) is 19.2 Å². The number of hydrogen-bond acceptors (Lipinski definition) is 4. The third-order valence-corrected chi connectivity index (χ3v) is 4.05. The van der Waals surface area contributed by atoms with Gasteiger partial charge in [-0.3, -0.25) is 4.79 Å². The van der Waals surface area contributed by atoms with Gasteiger partial charge >= 0.3 is 0 Å². The van der Waals surface area contributed by atoms with Crippen molar-refractivity contribution in [3.05, 3.63) is 20.8 Å². The minimum Gasteiger partial charge on any atom is -0.409 e. The lowest BCUT2D eigenvalue weighted by atomic mass is 10.0. The predicted molar refractivity (Wildman–Crippen MR) is 71.5 cm³/mol. The first kappa shape index (κ1) is 14.0. The van der Waals surface area contributed by atoms with Gasteiger partial charge in [0.15, 0.2) is 5.84 Å². The molecule has 0 radical (unpaired) electrons. The van der Waals surface area contributed by atoms with E-state index in [-0.39, 0.29) is 17.7 Å². The highest BCUT2D eigenvalue weighted by molar-refractivity contribution is 9.10. The number of nitrogens with two attached hydrogens (primary N) is 1. The Bertz CT molecular complexity index is 431. The topological polar surface area (TPSA) is 87.7 Å². The van der Waals surface area contributed by atoms with E-state index < -0.39 is 6.04 Å². The highest BCUT2D eigenvalue weighted by Crippen LogP contribution is 2.22. The zero-order valence-electron chi connectivity index (χ0n) is 9.48. The SMILES string of the molecule is CC(C)C(NC(=O)c1sccc1Br)C(N)=NO. The lowest BCUT2D eigenvalue weighted by Gasteiger charge is -2.20. The summed E-state index contributed by atoms with van der Waals surface area (Å²) in [4.78, 5) is 12.5. The molecule has 17 heavy (non-hydrogen) atoms. The van der Waals surface area contributed by atoms with Crippen LogP contribution in [0.1, 0.15) is 23.5 Å². The number of amidine groups is 1. The molecule has 7 heteroatoms. The molecule has 0 aliphatic carbocycles. The van der Waals surface area contributed by atoms with Crippen molar-refractivity contribution in [2.45, 2.75) is 19.9 Å². The third-order valence-electron chi connectivity index (χ3n) is 2.21. The highest BCUT2D eigenvalue weighted by atomic mass is 79.9. The van der Waals surface area contributed by atoms with Crippen LogP contribution in [-0.2, 0) is 0 Å². The number of amides is 1. The second-order valence-electron chi connectivity index (χ2n) is 3.82. The van der Waals surface area contributed by atoms with Gasteiger partial charge in [-0.15, -0.1) is 11.3 Å². The summed E-state index contributed by atoms with van der Waals surface area (Å²) in [5, 5.41) is 16.1. The lowest BCUT2D eigenvalue weighted by molar-refractivity contribution is 0.0942. The molecule has 1 aromatic rings. The van der Waals surface area contributed by atoms with Gasteiger partial charge < -0.3 is 16.3 Å². The van der Waals surface area contributed by atoms with Gasteiger partial charge in [0.05, 0.1) is 6.04 Å². The normalized spacial score (nSPS) is 13.8. The van der Waals surface area contributed by atoms with Crippen LogP contribution in [0.2, 0.25) is 0 Å². The van der Waals surface area contributed by atoms with Gasteiger partial charge in [0.2, 0.25) is 0 Å². The van der Waals surface area contributed by atoms with E-state index in [0.717, 1.165) is 4.47 Å². The van der Waals surface area contributed by atoms with E-state index in [4.69, 9.17) is 10.9 Å². The van der Waals surface area contributed by atoms with Gasteiger partial charge in [-0.05, 0) is 33.3 Å². The van der Waals surface area contributed by atoms with Crippen LogP contribution < -0.4 is 11.1 Å². The third kappa shape index (κ3) is 3.44. The van der Waals surface area contributed by atoms with E-state index >= 15 is 0 Å². The van der Waals surface area contributed by atoms with E-state index in [9.17, 15) is 4.79 Å². The van der Waals surface area contributed by atoms with Crippen molar-refractivity contribution in [3.63, 3.8) is 0 Å². The number of halogens is 1. The second-order valence-corrected chi connectivity index (χ2v) is 5.59. The summed E-state index contributed by atoms with van der Waals surface area (Å²) in [6, 6.07) is 1.31. The minimum atomic E-state index is -0.485. The number of oxime groups is 1. The Hall–Kier alpha value is -1.08. The molecule has 1 heterocycles. The Morgan fingerprint density at radius 3 is 2.71 bits per heavy atom. The maximum absolute atomic E-state index is 11.9. The zero-order chi connectivity index (χ0) is 13.0. The fourth-order valence-electron chi connectivity index (χ4n) is 1.31. The Morgan fingerprint density at radius 1 is 1.65 bits per heavy atom. The standard InChI is InChI=1S/C10H14BrN3O2S/c1-5(2)7(9(12)14-16)13-10(15)8-6(11)3-4-17-8/h3-5,7,16H,1-2H3,(H2,12,14)(H,13,15). The van der Waals surface area contributed by atoms with Gasteiger partial charge in [0, 0.05) is 4.47 Å². The molecule has 5 nitrogen and oxygen atoms in total. The van der Waals surface area contributed by atoms with Crippen LogP contribution >= 0.6 is 27.3 Å². The summed E-state index contributed by atoms with van der Waals surface area (Å²) >= 11 is 4.62. The van der Waals surface area contributed by atoms with Gasteiger partial charge in [-0.2, -0.15) is 0 Å². The molecule has 1 rings (SSSR count). The molecule has 1 aromatic heterocycles. The Morgan fingerprint density at radius 2 is 2.29 bits per heavy atom. The van der Waals surface area contributed by atoms with Gasteiger partial charge in [-0.25, -0.2) is 0 Å². The van der Waals surface area contributed by atoms with Crippen molar-refractivity contribution in [1.82, 2.24) is 5.32 Å². The average molecular weight is 320 g/mol. The number of nitrogens with zero attached hydrogens (tertiary/aromatic N) is 1. The molecule has 0 aliphatic rings. The van der Waals surface area contributed by atoms with Crippen molar-refractivity contribution >= 4 is 39.0 Å². The second kappa shape index (κ2) is 6.02. The summed E-state index contributed by atoms with van der Waals surface area (Å²) in [5.74, 6) is -0.202. The number of nitrogens with one attached hydrogen (secondary N) is 1. The fraction of sp³-hybridized carbons (Fsp3) is 0.400. The van der Waals surface area contributed by atoms with Crippen LogP contribution in [0.3, 0.4) is 0 Å². The van der Waals surface area contributed by atoms with E-state index in [2.05, 4.69) is 26.4 Å². The van der Waals surface area contributed by atoms with Crippen LogP contribution in [0.5, 0.6) is 0 Å². The fourth-order valence-corrected chi connectivity index (χ4v) is 2.76. The smallest absolute Gasteiger partial charge is 0.263 e. The molecular weight excluding hydrogens is 306 g/mol. The molecule has 0 saturated heterocycles. The monoisotopic (exact) mass is 319 g/mol. The lowest BCUT2D eigenvalue weighted by Crippen LogP contribution is -2.47. The summed E-state index contributed by atoms with van der Waals surface area (Å²) in [7, 11) is 0. The highest BCUT2D eigenvalue weighted by Gasteiger charge is 2.22. The van der Waals surface area contributed by atoms with Gasteiger partial charge in [0.25, 0.3) is 5.91 Å². The Balaban J connectivity index is 2.82. The Kier molecular flexibility index (Phi) is 4.95. The maximum Gasteiger partial charge on any atom is 0.263 e. The van der Waals surface area contributed by atoms with Crippen LogP contribution in [0.25, 0.3) is 0 Å². The summed E-state index contributed by atoms with van der Waals surface area (Å²) < 4.78 is 0.738. The van der Waals surface area contributed by atoms with Crippen molar-refractivity contribution in [1.29, 1.82) is 0 Å². The molecule has 1 atom stereocenters. The van der Waals surface area contributed by atoms with Crippen molar-refractivity contribution < 1.29 is 10.0 Å². The number of rotatable bonds is 4. The van der Waals surface area contributed by atoms with Crippen molar-refractivity contribution in [2.24, 2.45) is 16.8 Å². The Labute approximate surface area is 112 Å². The van der Waals surface area contributed by atoms with E-state index in [1.54, 1.807) is 6.07 Å². The minimum absolute atomic E-state index is 0.000952. The maximum atomic E-state index is 11.9. The number of hydrogen-bond donors (Lipinski definition) is 3. The first-order valence-electron chi connectivity index (χ1n) is 4.98. The predicted octanol–water partition coefficient (Wildman–Crippen LogP) is 2.01. The molecular formula is C10H14BrN3O2S. The molecule has 0 spiro atoms. The summed E-state index contributed by atoms with van der Waals surface area (Å²) in [6.07, 6.45) is 0. The molecule has 0 aromatic carbocycles. The van der Waals surface area contributed by atoms with E-state index in [1.165, 1.54) is 11.3 Å². The zero-order valence-corrected chi connectivity index (χ0v) is 11.9. The van der Waals surface area contributed by atoms with Gasteiger partial charge in [-0.1, -0.05) is 19.0 Å².